The van der Waals surface area contributed by atoms with Crippen LogP contribution in [-0.2, 0) is 4.74 Å². The predicted octanol–water partition coefficient (Wildman–Crippen LogP) is 2.20. The van der Waals surface area contributed by atoms with E-state index in [1.807, 2.05) is 0 Å². The third-order valence-corrected chi connectivity index (χ3v) is 2.02. The Morgan fingerprint density at radius 2 is 2.25 bits per heavy atom. The minimum absolute atomic E-state index is 0.133. The Bertz CT molecular complexity index is 429. The number of hydrogen-bond acceptors (Lipinski definition) is 4. The highest BCUT2D eigenvalue weighted by Gasteiger charge is 2.11. The first-order valence-electron chi connectivity index (χ1n) is 4.75. The zero-order chi connectivity index (χ0) is 12.1. The zero-order valence-electron chi connectivity index (χ0n) is 9.03. The van der Waals surface area contributed by atoms with Crippen molar-refractivity contribution in [1.29, 1.82) is 0 Å². The fourth-order valence-corrected chi connectivity index (χ4v) is 1.20. The van der Waals surface area contributed by atoms with E-state index >= 15 is 0 Å². The highest BCUT2D eigenvalue weighted by atomic mass is 19.1. The normalized spacial score (nSPS) is 11.3. The summed E-state index contributed by atoms with van der Waals surface area (Å²) in [4.78, 5) is 11.3. The molecule has 0 bridgehead atoms. The molecule has 0 aliphatic rings. The topological polar surface area (TPSA) is 58.9 Å². The third kappa shape index (κ3) is 2.56. The summed E-state index contributed by atoms with van der Waals surface area (Å²) in [5.41, 5.74) is 0.428. The average molecular weight is 225 g/mol. The molecule has 1 aromatic rings. The smallest absolute Gasteiger partial charge is 0.338 e. The van der Waals surface area contributed by atoms with Gasteiger partial charge < -0.3 is 9.94 Å². The van der Waals surface area contributed by atoms with Gasteiger partial charge in [-0.25, -0.2) is 9.18 Å². The first-order valence-corrected chi connectivity index (χ1v) is 4.75. The molecule has 0 aliphatic heterocycles. The van der Waals surface area contributed by atoms with E-state index in [-0.39, 0.29) is 23.4 Å². The lowest BCUT2D eigenvalue weighted by molar-refractivity contribution is 0.0526. The Balaban J connectivity index is 3.04. The molecule has 16 heavy (non-hydrogen) atoms. The van der Waals surface area contributed by atoms with E-state index in [1.165, 1.54) is 19.1 Å². The Kier molecular flexibility index (Phi) is 3.99. The minimum Gasteiger partial charge on any atom is -0.462 e. The molecular formula is C11H12FNO3. The van der Waals surface area contributed by atoms with Gasteiger partial charge in [-0.1, -0.05) is 5.16 Å². The van der Waals surface area contributed by atoms with Crippen LogP contribution in [0.1, 0.15) is 29.8 Å². The summed E-state index contributed by atoms with van der Waals surface area (Å²) >= 11 is 0. The van der Waals surface area contributed by atoms with E-state index < -0.39 is 11.8 Å². The van der Waals surface area contributed by atoms with Crippen molar-refractivity contribution in [2.24, 2.45) is 5.16 Å². The summed E-state index contributed by atoms with van der Waals surface area (Å²) in [5, 5.41) is 11.4. The minimum atomic E-state index is -0.624. The molecular weight excluding hydrogens is 213 g/mol. The number of halogens is 1. The standard InChI is InChI=1S/C11H12FNO3/c1-3-16-11(14)8-4-5-9(7(2)13-15)10(12)6-8/h4-6,15H,3H2,1-2H3/b13-7-. The van der Waals surface area contributed by atoms with E-state index in [1.54, 1.807) is 6.92 Å². The van der Waals surface area contributed by atoms with Crippen molar-refractivity contribution in [3.8, 4) is 0 Å². The van der Waals surface area contributed by atoms with Crippen LogP contribution in [0.3, 0.4) is 0 Å². The second-order valence-electron chi connectivity index (χ2n) is 3.10. The molecule has 5 heteroatoms. The predicted molar refractivity (Wildman–Crippen MR) is 56.4 cm³/mol. The summed E-state index contributed by atoms with van der Waals surface area (Å²) in [6.07, 6.45) is 0. The van der Waals surface area contributed by atoms with Crippen molar-refractivity contribution < 1.29 is 19.1 Å². The van der Waals surface area contributed by atoms with Crippen LogP contribution in [0.2, 0.25) is 0 Å². The second-order valence-corrected chi connectivity index (χ2v) is 3.10. The van der Waals surface area contributed by atoms with Crippen LogP contribution >= 0.6 is 0 Å². The van der Waals surface area contributed by atoms with E-state index in [0.717, 1.165) is 6.07 Å². The van der Waals surface area contributed by atoms with Crippen molar-refractivity contribution in [2.75, 3.05) is 6.61 Å². The second kappa shape index (κ2) is 5.25. The van der Waals surface area contributed by atoms with E-state index in [2.05, 4.69) is 5.16 Å². The van der Waals surface area contributed by atoms with E-state index in [0.29, 0.717) is 0 Å². The number of carbonyl (C=O) groups is 1. The largest absolute Gasteiger partial charge is 0.462 e. The molecule has 0 saturated heterocycles. The lowest BCUT2D eigenvalue weighted by atomic mass is 10.1. The van der Waals surface area contributed by atoms with Gasteiger partial charge in [-0.05, 0) is 32.0 Å². The van der Waals surface area contributed by atoms with Gasteiger partial charge in [0, 0.05) is 5.56 Å². The Morgan fingerprint density at radius 1 is 1.56 bits per heavy atom. The summed E-state index contributed by atoms with van der Waals surface area (Å²) in [6.45, 7) is 3.37. The maximum Gasteiger partial charge on any atom is 0.338 e. The van der Waals surface area contributed by atoms with Crippen LogP contribution in [0.25, 0.3) is 0 Å². The Hall–Kier alpha value is -1.91. The van der Waals surface area contributed by atoms with Gasteiger partial charge in [0.15, 0.2) is 0 Å². The molecule has 1 N–H and O–H groups in total. The molecule has 0 heterocycles. The van der Waals surface area contributed by atoms with Gasteiger partial charge >= 0.3 is 5.97 Å². The summed E-state index contributed by atoms with van der Waals surface area (Å²) in [6, 6.07) is 3.85. The molecule has 0 spiro atoms. The van der Waals surface area contributed by atoms with Gasteiger partial charge in [0.2, 0.25) is 0 Å². The molecule has 0 fully saturated rings. The molecule has 4 nitrogen and oxygen atoms in total. The number of carbonyl (C=O) groups excluding carboxylic acids is 1. The van der Waals surface area contributed by atoms with Crippen molar-refractivity contribution in [3.63, 3.8) is 0 Å². The molecule has 1 rings (SSSR count). The fourth-order valence-electron chi connectivity index (χ4n) is 1.20. The number of benzene rings is 1. The zero-order valence-corrected chi connectivity index (χ0v) is 9.03. The van der Waals surface area contributed by atoms with Crippen LogP contribution in [0.4, 0.5) is 4.39 Å². The lowest BCUT2D eigenvalue weighted by Crippen LogP contribution is -2.07. The fraction of sp³-hybridized carbons (Fsp3) is 0.273. The monoisotopic (exact) mass is 225 g/mol. The summed E-state index contributed by atoms with van der Waals surface area (Å²) < 4.78 is 18.2. The molecule has 0 saturated carbocycles. The van der Waals surface area contributed by atoms with Gasteiger partial charge in [0.05, 0.1) is 17.9 Å². The molecule has 0 radical (unpaired) electrons. The maximum absolute atomic E-state index is 13.5. The molecule has 0 aliphatic carbocycles. The average Bonchev–Trinajstić information content (AvgIpc) is 2.28. The maximum atomic E-state index is 13.5. The number of ether oxygens (including phenoxy) is 1. The molecule has 86 valence electrons. The number of nitrogens with zero attached hydrogens (tertiary/aromatic N) is 1. The molecule has 1 aromatic carbocycles. The highest BCUT2D eigenvalue weighted by molar-refractivity contribution is 5.99. The highest BCUT2D eigenvalue weighted by Crippen LogP contribution is 2.12. The summed E-state index contributed by atoms with van der Waals surface area (Å²) in [5.74, 6) is -1.20. The molecule has 0 unspecified atom stereocenters. The van der Waals surface area contributed by atoms with Crippen LogP contribution in [0, 0.1) is 5.82 Å². The first-order chi connectivity index (χ1) is 7.60. The quantitative estimate of drug-likeness (QED) is 0.371. The van der Waals surface area contributed by atoms with Crippen molar-refractivity contribution in [3.05, 3.63) is 35.1 Å². The van der Waals surface area contributed by atoms with Crippen LogP contribution in [0.5, 0.6) is 0 Å². The van der Waals surface area contributed by atoms with Crippen molar-refractivity contribution in [2.45, 2.75) is 13.8 Å². The molecule has 0 atom stereocenters. The number of rotatable bonds is 3. The Morgan fingerprint density at radius 3 is 2.75 bits per heavy atom. The van der Waals surface area contributed by atoms with Gasteiger partial charge in [0.1, 0.15) is 5.82 Å². The number of esters is 1. The van der Waals surface area contributed by atoms with Gasteiger partial charge in [0.25, 0.3) is 0 Å². The van der Waals surface area contributed by atoms with Gasteiger partial charge in [-0.2, -0.15) is 0 Å². The van der Waals surface area contributed by atoms with Crippen LogP contribution < -0.4 is 0 Å². The van der Waals surface area contributed by atoms with Gasteiger partial charge in [-0.15, -0.1) is 0 Å². The van der Waals surface area contributed by atoms with E-state index in [4.69, 9.17) is 9.94 Å². The van der Waals surface area contributed by atoms with Crippen LogP contribution in [-0.4, -0.2) is 23.5 Å². The first kappa shape index (κ1) is 12.2. The number of oxime groups is 1. The third-order valence-electron chi connectivity index (χ3n) is 2.02. The van der Waals surface area contributed by atoms with Gasteiger partial charge in [-0.3, -0.25) is 0 Å². The number of hydrogen-bond donors (Lipinski definition) is 1. The molecule has 0 amide bonds. The SMILES string of the molecule is CCOC(=O)c1ccc(/C(C)=N\O)c(F)c1. The lowest BCUT2D eigenvalue weighted by Gasteiger charge is -2.04. The Labute approximate surface area is 92.3 Å². The van der Waals surface area contributed by atoms with Crippen molar-refractivity contribution in [1.82, 2.24) is 0 Å². The van der Waals surface area contributed by atoms with Crippen molar-refractivity contribution >= 4 is 11.7 Å². The van der Waals surface area contributed by atoms with E-state index in [9.17, 15) is 9.18 Å². The summed E-state index contributed by atoms with van der Waals surface area (Å²) in [7, 11) is 0. The van der Waals surface area contributed by atoms with Crippen LogP contribution in [0.15, 0.2) is 23.4 Å². The molecule has 0 aromatic heterocycles.